The minimum atomic E-state index is -0.0865. The van der Waals surface area contributed by atoms with E-state index in [1.54, 1.807) is 6.08 Å². The fourth-order valence-corrected chi connectivity index (χ4v) is 4.51. The van der Waals surface area contributed by atoms with Crippen LogP contribution in [0.25, 0.3) is 6.08 Å². The summed E-state index contributed by atoms with van der Waals surface area (Å²) >= 11 is 3.47. The van der Waals surface area contributed by atoms with Crippen LogP contribution in [-0.4, -0.2) is 17.4 Å². The van der Waals surface area contributed by atoms with Gasteiger partial charge in [-0.05, 0) is 49.2 Å². The van der Waals surface area contributed by atoms with Gasteiger partial charge in [0, 0.05) is 28.7 Å². The Morgan fingerprint density at radius 1 is 1.06 bits per heavy atom. The highest BCUT2D eigenvalue weighted by Gasteiger charge is 2.33. The smallest absolute Gasteiger partial charge is 0.231 e. The number of fused-ring (bicyclic) bond motifs is 2. The second-order valence-corrected chi connectivity index (χ2v) is 9.02. The largest absolute Gasteiger partial charge is 0.477 e. The van der Waals surface area contributed by atoms with Crippen molar-refractivity contribution in [3.8, 4) is 11.5 Å². The molecule has 0 bridgehead atoms. The van der Waals surface area contributed by atoms with Crippen molar-refractivity contribution < 1.29 is 14.3 Å². The van der Waals surface area contributed by atoms with Crippen molar-refractivity contribution in [2.75, 3.05) is 6.73 Å². The molecule has 2 heterocycles. The van der Waals surface area contributed by atoms with Gasteiger partial charge >= 0.3 is 0 Å². The van der Waals surface area contributed by atoms with Crippen LogP contribution in [0.4, 0.5) is 0 Å². The molecular weight excluding hydrogens is 454 g/mol. The molecule has 156 valence electrons. The fourth-order valence-electron chi connectivity index (χ4n) is 4.10. The van der Waals surface area contributed by atoms with E-state index in [4.69, 9.17) is 9.47 Å². The molecule has 5 heteroatoms. The molecule has 0 unspecified atom stereocenters. The predicted molar refractivity (Wildman–Crippen MR) is 124 cm³/mol. The molecule has 4 nitrogen and oxygen atoms in total. The highest BCUT2D eigenvalue weighted by atomic mass is 79.9. The zero-order chi connectivity index (χ0) is 21.5. The van der Waals surface area contributed by atoms with Crippen molar-refractivity contribution >= 4 is 27.8 Å². The minimum absolute atomic E-state index is 0.0865. The van der Waals surface area contributed by atoms with Gasteiger partial charge in [0.25, 0.3) is 0 Å². The number of ether oxygens (including phenoxy) is 2. The number of carbonyl (C=O) groups excluding carboxylic acids is 1. The third-order valence-electron chi connectivity index (χ3n) is 5.68. The lowest BCUT2D eigenvalue weighted by atomic mass is 9.99. The maximum atomic E-state index is 13.1. The molecule has 0 saturated carbocycles. The van der Waals surface area contributed by atoms with Crippen LogP contribution in [0.15, 0.2) is 64.8 Å². The van der Waals surface area contributed by atoms with E-state index >= 15 is 0 Å². The third kappa shape index (κ3) is 3.91. The summed E-state index contributed by atoms with van der Waals surface area (Å²) in [6.45, 7) is 6.09. The number of hydrogen-bond donors (Lipinski definition) is 0. The Kier molecular flexibility index (Phi) is 5.16. The van der Waals surface area contributed by atoms with Crippen LogP contribution in [0, 0.1) is 13.8 Å². The van der Waals surface area contributed by atoms with Crippen molar-refractivity contribution in [2.24, 2.45) is 0 Å². The third-order valence-corrected chi connectivity index (χ3v) is 6.17. The van der Waals surface area contributed by atoms with Gasteiger partial charge in [-0.3, -0.25) is 9.69 Å². The predicted octanol–water partition coefficient (Wildman–Crippen LogP) is 6.03. The van der Waals surface area contributed by atoms with E-state index in [9.17, 15) is 4.79 Å². The van der Waals surface area contributed by atoms with Gasteiger partial charge < -0.3 is 9.47 Å². The summed E-state index contributed by atoms with van der Waals surface area (Å²) in [7, 11) is 0. The van der Waals surface area contributed by atoms with Gasteiger partial charge in [-0.15, -0.1) is 0 Å². The summed E-state index contributed by atoms with van der Waals surface area (Å²) in [5.74, 6) is 1.69. The molecule has 0 N–H and O–H groups in total. The lowest BCUT2D eigenvalue weighted by Crippen LogP contribution is -2.32. The van der Waals surface area contributed by atoms with E-state index in [0.717, 1.165) is 40.0 Å². The van der Waals surface area contributed by atoms with Gasteiger partial charge in [0.15, 0.2) is 5.76 Å². The van der Waals surface area contributed by atoms with Crippen molar-refractivity contribution in [2.45, 2.75) is 26.9 Å². The van der Waals surface area contributed by atoms with Crippen LogP contribution in [0.2, 0.25) is 0 Å². The number of ketones is 1. The van der Waals surface area contributed by atoms with Gasteiger partial charge in [-0.1, -0.05) is 57.9 Å². The molecule has 0 aromatic heterocycles. The molecule has 2 aliphatic heterocycles. The van der Waals surface area contributed by atoms with Crippen LogP contribution in [0.5, 0.6) is 11.5 Å². The molecule has 0 amide bonds. The summed E-state index contributed by atoms with van der Waals surface area (Å²) in [6.07, 6.45) is 1.79. The van der Waals surface area contributed by atoms with E-state index in [2.05, 4.69) is 52.0 Å². The minimum Gasteiger partial charge on any atom is -0.477 e. The van der Waals surface area contributed by atoms with Crippen LogP contribution < -0.4 is 9.47 Å². The van der Waals surface area contributed by atoms with E-state index in [0.29, 0.717) is 23.8 Å². The van der Waals surface area contributed by atoms with Gasteiger partial charge in [0.1, 0.15) is 18.2 Å². The first-order valence-electron chi connectivity index (χ1n) is 10.2. The second-order valence-electron chi connectivity index (χ2n) is 8.11. The zero-order valence-electron chi connectivity index (χ0n) is 17.4. The van der Waals surface area contributed by atoms with Crippen LogP contribution in [0.3, 0.4) is 0 Å². The molecule has 0 fully saturated rings. The Labute approximate surface area is 190 Å². The molecule has 0 atom stereocenters. The van der Waals surface area contributed by atoms with Gasteiger partial charge in [-0.2, -0.15) is 0 Å². The molecule has 3 aromatic rings. The molecule has 5 rings (SSSR count). The highest BCUT2D eigenvalue weighted by Crippen LogP contribution is 2.43. The maximum Gasteiger partial charge on any atom is 0.231 e. The number of nitrogens with zero attached hydrogens (tertiary/aromatic N) is 1. The Bertz CT molecular complexity index is 1210. The Balaban J connectivity index is 1.42. The topological polar surface area (TPSA) is 38.8 Å². The number of Topliss-reactive ketones (excluding diaryl/α,β-unsaturated/α-hetero) is 1. The van der Waals surface area contributed by atoms with Crippen LogP contribution >= 0.6 is 15.9 Å². The van der Waals surface area contributed by atoms with Crippen molar-refractivity contribution in [1.82, 2.24) is 4.90 Å². The number of carbonyl (C=O) groups is 1. The number of allylic oxidation sites excluding steroid dienone is 1. The summed E-state index contributed by atoms with van der Waals surface area (Å²) in [5.41, 5.74) is 5.92. The molecule has 0 saturated heterocycles. The normalized spacial score (nSPS) is 16.6. The van der Waals surface area contributed by atoms with Crippen LogP contribution in [0.1, 0.15) is 38.2 Å². The van der Waals surface area contributed by atoms with E-state index in [-0.39, 0.29) is 5.78 Å². The van der Waals surface area contributed by atoms with Crippen molar-refractivity contribution in [3.63, 3.8) is 0 Å². The SMILES string of the molecule is Cc1ccc(CN2COc3c(cc4c(c3C)O/C(=C\c3cccc(Br)c3)C4=O)C2)cc1. The summed E-state index contributed by atoms with van der Waals surface area (Å²) in [4.78, 5) is 15.3. The van der Waals surface area contributed by atoms with Gasteiger partial charge in [-0.25, -0.2) is 0 Å². The number of benzene rings is 3. The average molecular weight is 476 g/mol. The van der Waals surface area contributed by atoms with E-state index < -0.39 is 0 Å². The standard InChI is InChI=1S/C26H22BrNO3/c1-16-6-8-18(9-7-16)13-28-14-20-12-22-24(29)23(11-19-4-3-5-21(27)10-19)31-26(22)17(2)25(20)30-15-28/h3-12H,13-15H2,1-2H3/b23-11-. The Hall–Kier alpha value is -2.89. The monoisotopic (exact) mass is 475 g/mol. The molecule has 31 heavy (non-hydrogen) atoms. The maximum absolute atomic E-state index is 13.1. The quantitative estimate of drug-likeness (QED) is 0.433. The number of halogens is 1. The van der Waals surface area contributed by atoms with E-state index in [1.807, 2.05) is 37.3 Å². The molecule has 0 aliphatic carbocycles. The first-order chi connectivity index (χ1) is 15.0. The number of rotatable bonds is 3. The number of hydrogen-bond acceptors (Lipinski definition) is 4. The van der Waals surface area contributed by atoms with Gasteiger partial charge in [0.05, 0.1) is 5.56 Å². The van der Waals surface area contributed by atoms with Crippen LogP contribution in [-0.2, 0) is 13.1 Å². The van der Waals surface area contributed by atoms with Crippen molar-refractivity contribution in [3.05, 3.63) is 98.2 Å². The molecule has 0 radical (unpaired) electrons. The molecule has 0 spiro atoms. The summed E-state index contributed by atoms with van der Waals surface area (Å²) in [5, 5.41) is 0. The Morgan fingerprint density at radius 3 is 2.65 bits per heavy atom. The highest BCUT2D eigenvalue weighted by molar-refractivity contribution is 9.10. The first kappa shape index (κ1) is 20.0. The lowest BCUT2D eigenvalue weighted by molar-refractivity contribution is 0.0876. The number of aryl methyl sites for hydroxylation is 1. The average Bonchev–Trinajstić information content (AvgIpc) is 3.06. The second kappa shape index (κ2) is 7.98. The molecule has 3 aromatic carbocycles. The summed E-state index contributed by atoms with van der Waals surface area (Å²) < 4.78 is 13.1. The fraction of sp³-hybridized carbons (Fsp3) is 0.192. The molecule has 2 aliphatic rings. The van der Waals surface area contributed by atoms with E-state index in [1.165, 1.54) is 11.1 Å². The molecular formula is C26H22BrNO3. The Morgan fingerprint density at radius 2 is 1.87 bits per heavy atom. The first-order valence-corrected chi connectivity index (χ1v) is 11.0. The van der Waals surface area contributed by atoms with Crippen molar-refractivity contribution in [1.29, 1.82) is 0 Å². The van der Waals surface area contributed by atoms with Gasteiger partial charge in [0.2, 0.25) is 5.78 Å². The summed E-state index contributed by atoms with van der Waals surface area (Å²) in [6, 6.07) is 18.3. The zero-order valence-corrected chi connectivity index (χ0v) is 19.0. The lowest BCUT2D eigenvalue weighted by Gasteiger charge is -2.30.